The fourth-order valence-corrected chi connectivity index (χ4v) is 6.28. The van der Waals surface area contributed by atoms with E-state index in [1.807, 2.05) is 67.7 Å². The highest BCUT2D eigenvalue weighted by atomic mass is 32.2. The van der Waals surface area contributed by atoms with Gasteiger partial charge in [0.2, 0.25) is 0 Å². The van der Waals surface area contributed by atoms with Crippen LogP contribution in [0.2, 0.25) is 0 Å². The van der Waals surface area contributed by atoms with E-state index in [-0.39, 0.29) is 16.8 Å². The Hall–Kier alpha value is -3.91. The number of para-hydroxylation sites is 2. The Morgan fingerprint density at radius 3 is 2.57 bits per heavy atom. The number of hydrogen-bond acceptors (Lipinski definition) is 4. The minimum Gasteiger partial charge on any atom is -0.337 e. The number of hydrogen-bond donors (Lipinski definition) is 0. The molecule has 0 spiro atoms. The van der Waals surface area contributed by atoms with E-state index in [2.05, 4.69) is 5.10 Å². The van der Waals surface area contributed by atoms with Crippen LogP contribution in [0.4, 0.5) is 5.69 Å². The molecule has 7 nitrogen and oxygen atoms in total. The van der Waals surface area contributed by atoms with Crippen LogP contribution < -0.4 is 4.31 Å². The second-order valence-electron chi connectivity index (χ2n) is 8.80. The predicted molar refractivity (Wildman–Crippen MR) is 135 cm³/mol. The zero-order valence-electron chi connectivity index (χ0n) is 19.6. The van der Waals surface area contributed by atoms with E-state index >= 15 is 0 Å². The number of carbonyl (C=O) groups excluding carboxylic acids is 1. The Bertz CT molecular complexity index is 1480. The van der Waals surface area contributed by atoms with E-state index in [0.29, 0.717) is 24.2 Å². The number of nitrogens with zero attached hydrogens (tertiary/aromatic N) is 4. The van der Waals surface area contributed by atoms with E-state index < -0.39 is 10.0 Å². The van der Waals surface area contributed by atoms with Gasteiger partial charge >= 0.3 is 0 Å². The van der Waals surface area contributed by atoms with Gasteiger partial charge in [0, 0.05) is 37.0 Å². The second-order valence-corrected chi connectivity index (χ2v) is 10.6. The average molecular weight is 487 g/mol. The maximum Gasteiger partial charge on any atom is 0.264 e. The molecule has 178 valence electrons. The van der Waals surface area contributed by atoms with E-state index in [4.69, 9.17) is 0 Å². The topological polar surface area (TPSA) is 75.5 Å². The van der Waals surface area contributed by atoms with Crippen molar-refractivity contribution < 1.29 is 13.2 Å². The Balaban J connectivity index is 1.36. The standard InChI is InChI=1S/C27H26N4O3S/c1-20-15-22-9-6-7-14-26(22)31(20)35(33,34)25-13-8-10-23(16-25)27(32)29(2)18-21-17-28-30(19-21)24-11-4-3-5-12-24/h3-14,16-17,19-20H,15,18H2,1-2H3/t20-/m0/s1. The number of aromatic nitrogens is 2. The van der Waals surface area contributed by atoms with E-state index in [1.165, 1.54) is 10.4 Å². The molecule has 4 aromatic rings. The van der Waals surface area contributed by atoms with Crippen molar-refractivity contribution in [1.82, 2.24) is 14.7 Å². The third-order valence-electron chi connectivity index (χ3n) is 6.21. The van der Waals surface area contributed by atoms with E-state index in [9.17, 15) is 13.2 Å². The number of rotatable bonds is 6. The molecule has 1 amide bonds. The fraction of sp³-hybridized carbons (Fsp3) is 0.185. The lowest BCUT2D eigenvalue weighted by molar-refractivity contribution is 0.0785. The molecule has 0 fully saturated rings. The van der Waals surface area contributed by atoms with Crippen molar-refractivity contribution in [1.29, 1.82) is 0 Å². The number of benzene rings is 3. The van der Waals surface area contributed by atoms with Crippen molar-refractivity contribution >= 4 is 21.6 Å². The molecule has 1 aliphatic heterocycles. The summed E-state index contributed by atoms with van der Waals surface area (Å²) < 4.78 is 30.4. The molecule has 0 bridgehead atoms. The number of amides is 1. The van der Waals surface area contributed by atoms with Crippen LogP contribution in [0.3, 0.4) is 0 Å². The van der Waals surface area contributed by atoms with Gasteiger partial charge in [-0.05, 0) is 55.3 Å². The molecule has 0 saturated carbocycles. The summed E-state index contributed by atoms with van der Waals surface area (Å²) in [5.74, 6) is -0.260. The molecule has 35 heavy (non-hydrogen) atoms. The van der Waals surface area contributed by atoms with Gasteiger partial charge in [0.25, 0.3) is 15.9 Å². The molecule has 2 heterocycles. The summed E-state index contributed by atoms with van der Waals surface area (Å²) in [6.45, 7) is 2.25. The molecule has 0 N–H and O–H groups in total. The Morgan fingerprint density at radius 1 is 1.03 bits per heavy atom. The summed E-state index contributed by atoms with van der Waals surface area (Å²) in [4.78, 5) is 14.8. The molecule has 1 aromatic heterocycles. The predicted octanol–water partition coefficient (Wildman–Crippen LogP) is 4.28. The number of carbonyl (C=O) groups is 1. The van der Waals surface area contributed by atoms with Crippen molar-refractivity contribution in [2.75, 3.05) is 11.4 Å². The van der Waals surface area contributed by atoms with Gasteiger partial charge in [-0.2, -0.15) is 5.10 Å². The van der Waals surface area contributed by atoms with E-state index in [0.717, 1.165) is 16.8 Å². The summed E-state index contributed by atoms with van der Waals surface area (Å²) in [6, 6.07) is 23.4. The first-order valence-corrected chi connectivity index (χ1v) is 12.9. The summed E-state index contributed by atoms with van der Waals surface area (Å²) in [6.07, 6.45) is 4.27. The van der Waals surface area contributed by atoms with Gasteiger partial charge in [-0.1, -0.05) is 42.5 Å². The average Bonchev–Trinajstić information content (AvgIpc) is 3.47. The van der Waals surface area contributed by atoms with Crippen molar-refractivity contribution in [3.05, 3.63) is 108 Å². The Labute approximate surface area is 205 Å². The number of fused-ring (bicyclic) bond motifs is 1. The van der Waals surface area contributed by atoms with Gasteiger partial charge in [0.05, 0.1) is 22.5 Å². The van der Waals surface area contributed by atoms with Crippen LogP contribution in [-0.2, 0) is 23.0 Å². The third kappa shape index (κ3) is 4.33. The molecule has 1 atom stereocenters. The van der Waals surface area contributed by atoms with Crippen molar-refractivity contribution in [2.24, 2.45) is 0 Å². The van der Waals surface area contributed by atoms with Crippen LogP contribution >= 0.6 is 0 Å². The zero-order valence-corrected chi connectivity index (χ0v) is 20.4. The first-order chi connectivity index (χ1) is 16.8. The minimum absolute atomic E-state index is 0.109. The van der Waals surface area contributed by atoms with Gasteiger partial charge in [-0.25, -0.2) is 13.1 Å². The van der Waals surface area contributed by atoms with Crippen LogP contribution in [0.15, 0.2) is 96.2 Å². The largest absolute Gasteiger partial charge is 0.337 e. The number of sulfonamides is 1. The molecule has 0 aliphatic carbocycles. The molecule has 1 aliphatic rings. The van der Waals surface area contributed by atoms with Crippen LogP contribution in [-0.4, -0.2) is 42.1 Å². The lowest BCUT2D eigenvalue weighted by Crippen LogP contribution is -2.36. The first kappa shape index (κ1) is 22.9. The van der Waals surface area contributed by atoms with Crippen molar-refractivity contribution in [2.45, 2.75) is 30.8 Å². The highest BCUT2D eigenvalue weighted by Crippen LogP contribution is 2.36. The van der Waals surface area contributed by atoms with Crippen molar-refractivity contribution in [3.8, 4) is 5.69 Å². The van der Waals surface area contributed by atoms with Gasteiger partial charge in [-0.3, -0.25) is 9.10 Å². The molecule has 0 saturated heterocycles. The van der Waals surface area contributed by atoms with Gasteiger partial charge in [-0.15, -0.1) is 0 Å². The van der Waals surface area contributed by atoms with E-state index in [1.54, 1.807) is 41.0 Å². The maximum absolute atomic E-state index is 13.6. The lowest BCUT2D eigenvalue weighted by atomic mass is 10.1. The first-order valence-electron chi connectivity index (χ1n) is 11.4. The monoisotopic (exact) mass is 486 g/mol. The highest BCUT2D eigenvalue weighted by Gasteiger charge is 2.36. The van der Waals surface area contributed by atoms with Gasteiger partial charge in [0.15, 0.2) is 0 Å². The fourth-order valence-electron chi connectivity index (χ4n) is 4.54. The zero-order chi connectivity index (χ0) is 24.6. The summed E-state index contributed by atoms with van der Waals surface area (Å²) in [7, 11) is -2.12. The van der Waals surface area contributed by atoms with Crippen molar-refractivity contribution in [3.63, 3.8) is 0 Å². The van der Waals surface area contributed by atoms with Crippen LogP contribution in [0, 0.1) is 0 Å². The second kappa shape index (κ2) is 9.03. The Kier molecular flexibility index (Phi) is 5.90. The lowest BCUT2D eigenvalue weighted by Gasteiger charge is -2.25. The molecular weight excluding hydrogens is 460 g/mol. The maximum atomic E-state index is 13.6. The molecule has 0 radical (unpaired) electrons. The van der Waals surface area contributed by atoms with Crippen LogP contribution in [0.25, 0.3) is 5.69 Å². The molecule has 3 aromatic carbocycles. The highest BCUT2D eigenvalue weighted by molar-refractivity contribution is 7.92. The van der Waals surface area contributed by atoms with Crippen LogP contribution in [0.5, 0.6) is 0 Å². The quantitative estimate of drug-likeness (QED) is 0.408. The minimum atomic E-state index is -3.82. The summed E-state index contributed by atoms with van der Waals surface area (Å²) >= 11 is 0. The van der Waals surface area contributed by atoms with Gasteiger partial charge in [0.1, 0.15) is 0 Å². The van der Waals surface area contributed by atoms with Crippen LogP contribution in [0.1, 0.15) is 28.4 Å². The Morgan fingerprint density at radius 2 is 1.77 bits per heavy atom. The smallest absolute Gasteiger partial charge is 0.264 e. The molecule has 0 unspecified atom stereocenters. The molecule has 8 heteroatoms. The molecular formula is C27H26N4O3S. The third-order valence-corrected chi connectivity index (χ3v) is 8.13. The number of anilines is 1. The molecule has 5 rings (SSSR count). The summed E-state index contributed by atoms with van der Waals surface area (Å²) in [5.41, 5.74) is 3.83. The normalized spacial score (nSPS) is 15.1. The summed E-state index contributed by atoms with van der Waals surface area (Å²) in [5, 5.41) is 4.38. The SMILES string of the molecule is C[C@H]1Cc2ccccc2N1S(=O)(=O)c1cccc(C(=O)N(C)Cc2cnn(-c3ccccc3)c2)c1. The van der Waals surface area contributed by atoms with Gasteiger partial charge < -0.3 is 4.90 Å².